The van der Waals surface area contributed by atoms with E-state index in [-0.39, 0.29) is 17.9 Å². The summed E-state index contributed by atoms with van der Waals surface area (Å²) in [4.78, 5) is 11.6. The minimum Gasteiger partial charge on any atom is -0.395 e. The van der Waals surface area contributed by atoms with Crippen LogP contribution < -0.4 is 5.32 Å². The largest absolute Gasteiger partial charge is 0.395 e. The first-order valence-electron chi connectivity index (χ1n) is 5.35. The van der Waals surface area contributed by atoms with Gasteiger partial charge in [0.1, 0.15) is 0 Å². The first-order valence-corrected chi connectivity index (χ1v) is 5.35. The molecule has 1 rings (SSSR count). The van der Waals surface area contributed by atoms with Crippen LogP contribution in [0, 0.1) is 10.8 Å². The van der Waals surface area contributed by atoms with Crippen LogP contribution in [0.3, 0.4) is 0 Å². The van der Waals surface area contributed by atoms with Crippen molar-refractivity contribution in [1.29, 1.82) is 0 Å². The summed E-state index contributed by atoms with van der Waals surface area (Å²) in [5, 5.41) is 12.0. The number of aliphatic hydroxyl groups is 1. The second kappa shape index (κ2) is 3.89. The van der Waals surface area contributed by atoms with Gasteiger partial charge in [0.25, 0.3) is 0 Å². The monoisotopic (exact) mass is 199 g/mol. The van der Waals surface area contributed by atoms with Gasteiger partial charge in [-0.15, -0.1) is 0 Å². The molecule has 1 aliphatic carbocycles. The molecular formula is C11H21NO2. The molecule has 3 nitrogen and oxygen atoms in total. The van der Waals surface area contributed by atoms with Crippen molar-refractivity contribution in [2.24, 2.45) is 10.8 Å². The molecule has 0 radical (unpaired) electrons. The Kier molecular flexibility index (Phi) is 3.20. The number of carbonyl (C=O) groups is 1. The number of hydrogen-bond donors (Lipinski definition) is 2. The zero-order valence-electron chi connectivity index (χ0n) is 9.39. The normalized spacial score (nSPS) is 19.1. The summed E-state index contributed by atoms with van der Waals surface area (Å²) in [5.74, 6) is 0.0292. The zero-order chi connectivity index (χ0) is 10.8. The summed E-state index contributed by atoms with van der Waals surface area (Å²) in [6.45, 7) is 7.07. The number of aliphatic hydroxyl groups excluding tert-OH is 1. The third-order valence-corrected chi connectivity index (χ3v) is 3.32. The Morgan fingerprint density at radius 3 is 2.43 bits per heavy atom. The summed E-state index contributed by atoms with van der Waals surface area (Å²) in [5.41, 5.74) is -0.273. The van der Waals surface area contributed by atoms with Crippen LogP contribution in [0.15, 0.2) is 0 Å². The summed E-state index contributed by atoms with van der Waals surface area (Å²) in [6, 6.07) is 0. The van der Waals surface area contributed by atoms with Gasteiger partial charge in [-0.25, -0.2) is 0 Å². The minimum absolute atomic E-state index is 0.00854. The molecule has 1 amide bonds. The van der Waals surface area contributed by atoms with Crippen LogP contribution in [0.5, 0.6) is 0 Å². The van der Waals surface area contributed by atoms with Crippen LogP contribution in [0.2, 0.25) is 0 Å². The average molecular weight is 199 g/mol. The van der Waals surface area contributed by atoms with Gasteiger partial charge in [0, 0.05) is 6.54 Å². The standard InChI is InChI=1S/C11H21NO2/c1-4-10(2,3)7-12-9(14)11(8-13)5-6-11/h13H,4-8H2,1-3H3,(H,12,14). The van der Waals surface area contributed by atoms with Crippen molar-refractivity contribution >= 4 is 5.91 Å². The Hall–Kier alpha value is -0.570. The van der Waals surface area contributed by atoms with Gasteiger partial charge in [-0.2, -0.15) is 0 Å². The molecule has 0 heterocycles. The van der Waals surface area contributed by atoms with Crippen molar-refractivity contribution in [1.82, 2.24) is 5.32 Å². The van der Waals surface area contributed by atoms with Crippen LogP contribution >= 0.6 is 0 Å². The van der Waals surface area contributed by atoms with E-state index in [0.29, 0.717) is 6.54 Å². The fourth-order valence-electron chi connectivity index (χ4n) is 1.24. The molecule has 3 heteroatoms. The van der Waals surface area contributed by atoms with Gasteiger partial charge in [-0.05, 0) is 24.7 Å². The Morgan fingerprint density at radius 2 is 2.07 bits per heavy atom. The average Bonchev–Trinajstić information content (AvgIpc) is 2.95. The van der Waals surface area contributed by atoms with E-state index in [1.165, 1.54) is 0 Å². The number of rotatable bonds is 5. The number of amides is 1. The third kappa shape index (κ3) is 2.47. The molecule has 1 fully saturated rings. The van der Waals surface area contributed by atoms with Crippen LogP contribution in [0.1, 0.15) is 40.0 Å². The summed E-state index contributed by atoms with van der Waals surface area (Å²) in [6.07, 6.45) is 2.71. The van der Waals surface area contributed by atoms with Gasteiger partial charge >= 0.3 is 0 Å². The van der Waals surface area contributed by atoms with E-state index in [9.17, 15) is 4.79 Å². The lowest BCUT2D eigenvalue weighted by atomic mass is 9.90. The van der Waals surface area contributed by atoms with Gasteiger partial charge in [0.15, 0.2) is 0 Å². The van der Waals surface area contributed by atoms with Crippen LogP contribution in [-0.4, -0.2) is 24.2 Å². The lowest BCUT2D eigenvalue weighted by Gasteiger charge is -2.24. The highest BCUT2D eigenvalue weighted by molar-refractivity contribution is 5.85. The second-order valence-corrected chi connectivity index (χ2v) is 5.14. The van der Waals surface area contributed by atoms with Crippen molar-refractivity contribution in [3.63, 3.8) is 0 Å². The quantitative estimate of drug-likeness (QED) is 0.701. The topological polar surface area (TPSA) is 49.3 Å². The predicted molar refractivity (Wildman–Crippen MR) is 55.8 cm³/mol. The lowest BCUT2D eigenvalue weighted by molar-refractivity contribution is -0.128. The summed E-state index contributed by atoms with van der Waals surface area (Å²) in [7, 11) is 0. The number of carbonyl (C=O) groups excluding carboxylic acids is 1. The first-order chi connectivity index (χ1) is 6.46. The van der Waals surface area contributed by atoms with Crippen LogP contribution in [0.25, 0.3) is 0 Å². The van der Waals surface area contributed by atoms with Gasteiger partial charge in [-0.1, -0.05) is 20.8 Å². The van der Waals surface area contributed by atoms with E-state index in [1.54, 1.807) is 0 Å². The molecule has 1 saturated carbocycles. The van der Waals surface area contributed by atoms with E-state index in [4.69, 9.17) is 5.11 Å². The third-order valence-electron chi connectivity index (χ3n) is 3.32. The maximum absolute atomic E-state index is 11.6. The van der Waals surface area contributed by atoms with E-state index in [1.807, 2.05) is 0 Å². The molecule has 0 aromatic heterocycles. The molecule has 1 aliphatic rings. The Morgan fingerprint density at radius 1 is 1.50 bits per heavy atom. The fraction of sp³-hybridized carbons (Fsp3) is 0.909. The van der Waals surface area contributed by atoms with Gasteiger partial charge in [0.2, 0.25) is 5.91 Å². The van der Waals surface area contributed by atoms with E-state index < -0.39 is 5.41 Å². The molecule has 14 heavy (non-hydrogen) atoms. The fourth-order valence-corrected chi connectivity index (χ4v) is 1.24. The molecule has 0 spiro atoms. The molecule has 0 saturated heterocycles. The van der Waals surface area contributed by atoms with Gasteiger partial charge in [0.05, 0.1) is 12.0 Å². The van der Waals surface area contributed by atoms with Crippen molar-refractivity contribution in [3.05, 3.63) is 0 Å². The first kappa shape index (κ1) is 11.5. The summed E-state index contributed by atoms with van der Waals surface area (Å²) < 4.78 is 0. The molecule has 0 aromatic rings. The van der Waals surface area contributed by atoms with Crippen molar-refractivity contribution < 1.29 is 9.90 Å². The minimum atomic E-state index is -0.427. The predicted octanol–water partition coefficient (Wildman–Crippen LogP) is 1.31. The maximum Gasteiger partial charge on any atom is 0.228 e. The highest BCUT2D eigenvalue weighted by Gasteiger charge is 2.49. The van der Waals surface area contributed by atoms with Gasteiger partial charge in [-0.3, -0.25) is 4.79 Å². The van der Waals surface area contributed by atoms with E-state index in [2.05, 4.69) is 26.1 Å². The van der Waals surface area contributed by atoms with Crippen LogP contribution in [-0.2, 0) is 4.79 Å². The smallest absolute Gasteiger partial charge is 0.228 e. The van der Waals surface area contributed by atoms with Crippen molar-refractivity contribution in [2.75, 3.05) is 13.2 Å². The van der Waals surface area contributed by atoms with E-state index >= 15 is 0 Å². The molecular weight excluding hydrogens is 178 g/mol. The molecule has 0 aliphatic heterocycles. The lowest BCUT2D eigenvalue weighted by Crippen LogP contribution is -2.39. The van der Waals surface area contributed by atoms with Crippen molar-refractivity contribution in [2.45, 2.75) is 40.0 Å². The zero-order valence-corrected chi connectivity index (χ0v) is 9.39. The highest BCUT2D eigenvalue weighted by Crippen LogP contribution is 2.45. The van der Waals surface area contributed by atoms with Crippen molar-refractivity contribution in [3.8, 4) is 0 Å². The van der Waals surface area contributed by atoms with E-state index in [0.717, 1.165) is 19.3 Å². The van der Waals surface area contributed by atoms with Gasteiger partial charge < -0.3 is 10.4 Å². The summed E-state index contributed by atoms with van der Waals surface area (Å²) >= 11 is 0. The van der Waals surface area contributed by atoms with Crippen LogP contribution in [0.4, 0.5) is 0 Å². The Balaban J connectivity index is 2.35. The SMILES string of the molecule is CCC(C)(C)CNC(=O)C1(CO)CC1. The highest BCUT2D eigenvalue weighted by atomic mass is 16.3. The molecule has 0 bridgehead atoms. The molecule has 82 valence electrons. The second-order valence-electron chi connectivity index (χ2n) is 5.14. The number of hydrogen-bond acceptors (Lipinski definition) is 2. The number of nitrogens with one attached hydrogen (secondary N) is 1. The molecule has 0 atom stereocenters. The maximum atomic E-state index is 11.6. The Bertz CT molecular complexity index is 219. The molecule has 0 aromatic carbocycles. The Labute approximate surface area is 85.9 Å². The molecule has 0 unspecified atom stereocenters. The molecule has 2 N–H and O–H groups in total.